The first-order valence-electron chi connectivity index (χ1n) is 3.48. The van der Waals surface area contributed by atoms with Crippen LogP contribution in [0.15, 0.2) is 6.08 Å². The fourth-order valence-electron chi connectivity index (χ4n) is 0.469. The second kappa shape index (κ2) is 5.83. The third-order valence-electron chi connectivity index (χ3n) is 1.15. The average Bonchev–Trinajstić information content (AvgIpc) is 1.89. The van der Waals surface area contributed by atoms with Crippen LogP contribution in [0, 0.1) is 6.58 Å². The number of hydrogen-bond donors (Lipinski definition) is 0. The van der Waals surface area contributed by atoms with E-state index >= 15 is 0 Å². The van der Waals surface area contributed by atoms with Crippen LogP contribution < -0.4 is 0 Å². The molecule has 0 fully saturated rings. The maximum atomic E-state index is 5.25. The summed E-state index contributed by atoms with van der Waals surface area (Å²) in [5.74, 6) is 0. The highest BCUT2D eigenvalue weighted by atomic mass is 16.5. The number of ether oxygens (including phenoxy) is 1. The number of hydrogen-bond acceptors (Lipinski definition) is 1. The lowest BCUT2D eigenvalue weighted by Crippen LogP contribution is -2.04. The highest BCUT2D eigenvalue weighted by Gasteiger charge is 1.92. The van der Waals surface area contributed by atoms with Gasteiger partial charge in [-0.15, -0.1) is 0 Å². The molecule has 1 unspecified atom stereocenters. The molecule has 0 rings (SSSR count). The van der Waals surface area contributed by atoms with Gasteiger partial charge in [-0.05, 0) is 13.3 Å². The monoisotopic (exact) mass is 127 g/mol. The average molecular weight is 127 g/mol. The highest BCUT2D eigenvalue weighted by Crippen LogP contribution is 1.94. The lowest BCUT2D eigenvalue weighted by molar-refractivity contribution is 0.0951. The highest BCUT2D eigenvalue weighted by molar-refractivity contribution is 4.71. The van der Waals surface area contributed by atoms with E-state index in [-0.39, 0.29) is 6.10 Å². The van der Waals surface area contributed by atoms with Gasteiger partial charge in [0.05, 0.1) is 6.10 Å². The minimum absolute atomic E-state index is 0.108. The van der Waals surface area contributed by atoms with Gasteiger partial charge in [0, 0.05) is 6.61 Å². The van der Waals surface area contributed by atoms with E-state index in [4.69, 9.17) is 11.3 Å². The smallest absolute Gasteiger partial charge is 0.0730 e. The molecule has 0 aromatic heterocycles. The number of rotatable bonds is 5. The molecule has 0 aromatic carbocycles. The minimum Gasteiger partial charge on any atom is -0.374 e. The van der Waals surface area contributed by atoms with Gasteiger partial charge in [0.25, 0.3) is 0 Å². The van der Waals surface area contributed by atoms with Crippen molar-refractivity contribution >= 4 is 0 Å². The minimum atomic E-state index is 0.108. The van der Waals surface area contributed by atoms with Gasteiger partial charge in [0.1, 0.15) is 0 Å². The molecule has 1 atom stereocenters. The molecule has 1 radical (unpaired) electrons. The Morgan fingerprint density at radius 3 is 2.78 bits per heavy atom. The van der Waals surface area contributed by atoms with Crippen molar-refractivity contribution in [1.82, 2.24) is 0 Å². The van der Waals surface area contributed by atoms with Gasteiger partial charge in [0.2, 0.25) is 0 Å². The second-order valence-corrected chi connectivity index (χ2v) is 2.12. The van der Waals surface area contributed by atoms with Crippen LogP contribution in [0.5, 0.6) is 0 Å². The van der Waals surface area contributed by atoms with Crippen LogP contribution >= 0.6 is 0 Å². The molecule has 0 saturated carbocycles. The quantitative estimate of drug-likeness (QED) is 0.514. The Morgan fingerprint density at radius 1 is 1.67 bits per heavy atom. The lowest BCUT2D eigenvalue weighted by Gasteiger charge is -2.05. The Kier molecular flexibility index (Phi) is 5.64. The molecular formula is C8H15O. The van der Waals surface area contributed by atoms with E-state index in [1.54, 1.807) is 6.08 Å². The Balaban J connectivity index is 2.96. The molecular weight excluding hydrogens is 112 g/mol. The summed E-state index contributed by atoms with van der Waals surface area (Å²) in [6.45, 7) is 10.1. The maximum absolute atomic E-state index is 5.25. The topological polar surface area (TPSA) is 9.23 Å². The van der Waals surface area contributed by atoms with Crippen molar-refractivity contribution in [2.75, 3.05) is 6.61 Å². The first-order chi connectivity index (χ1) is 4.31. The van der Waals surface area contributed by atoms with Gasteiger partial charge >= 0.3 is 0 Å². The first kappa shape index (κ1) is 8.70. The van der Waals surface area contributed by atoms with Crippen molar-refractivity contribution in [2.45, 2.75) is 32.8 Å². The van der Waals surface area contributed by atoms with E-state index < -0.39 is 0 Å². The zero-order valence-corrected chi connectivity index (χ0v) is 6.26. The SMILES string of the molecule is [CH]=CC(C)OCCCC. The van der Waals surface area contributed by atoms with Crippen molar-refractivity contribution in [2.24, 2.45) is 0 Å². The third-order valence-corrected chi connectivity index (χ3v) is 1.15. The molecule has 1 heteroatoms. The Bertz CT molecular complexity index is 69.0. The van der Waals surface area contributed by atoms with E-state index in [0.29, 0.717) is 0 Å². The predicted molar refractivity (Wildman–Crippen MR) is 39.2 cm³/mol. The molecule has 9 heavy (non-hydrogen) atoms. The molecule has 0 spiro atoms. The van der Waals surface area contributed by atoms with Crippen molar-refractivity contribution in [3.8, 4) is 0 Å². The van der Waals surface area contributed by atoms with E-state index in [1.807, 2.05) is 6.92 Å². The summed E-state index contributed by atoms with van der Waals surface area (Å²) in [6.07, 6.45) is 3.97. The molecule has 0 bridgehead atoms. The summed E-state index contributed by atoms with van der Waals surface area (Å²) in [5, 5.41) is 0. The van der Waals surface area contributed by atoms with E-state index in [9.17, 15) is 0 Å². The van der Waals surface area contributed by atoms with Crippen LogP contribution in [0.2, 0.25) is 0 Å². The molecule has 0 aromatic rings. The fraction of sp³-hybridized carbons (Fsp3) is 0.750. The molecule has 0 aliphatic carbocycles. The van der Waals surface area contributed by atoms with E-state index in [2.05, 4.69) is 6.92 Å². The van der Waals surface area contributed by atoms with Gasteiger partial charge < -0.3 is 4.74 Å². The Morgan fingerprint density at radius 2 is 2.33 bits per heavy atom. The van der Waals surface area contributed by atoms with Crippen LogP contribution in [0.4, 0.5) is 0 Å². The van der Waals surface area contributed by atoms with E-state index in [0.717, 1.165) is 13.0 Å². The zero-order valence-electron chi connectivity index (χ0n) is 6.26. The molecule has 0 saturated heterocycles. The zero-order chi connectivity index (χ0) is 7.11. The standard InChI is InChI=1S/C8H15O/c1-4-6-7-9-8(3)5-2/h2,5,8H,4,6-7H2,1,3H3. The van der Waals surface area contributed by atoms with Crippen molar-refractivity contribution in [1.29, 1.82) is 0 Å². The van der Waals surface area contributed by atoms with Crippen LogP contribution in [0.3, 0.4) is 0 Å². The van der Waals surface area contributed by atoms with Crippen molar-refractivity contribution in [3.05, 3.63) is 12.7 Å². The van der Waals surface area contributed by atoms with E-state index in [1.165, 1.54) is 6.42 Å². The Labute approximate surface area is 57.7 Å². The van der Waals surface area contributed by atoms with Gasteiger partial charge in [0.15, 0.2) is 0 Å². The molecule has 53 valence electrons. The summed E-state index contributed by atoms with van der Waals surface area (Å²) in [5.41, 5.74) is 0. The summed E-state index contributed by atoms with van der Waals surface area (Å²) < 4.78 is 5.25. The Hall–Kier alpha value is -0.300. The number of unbranched alkanes of at least 4 members (excludes halogenated alkanes) is 1. The normalized spacial score (nSPS) is 13.1. The lowest BCUT2D eigenvalue weighted by atomic mass is 10.3. The van der Waals surface area contributed by atoms with Crippen LogP contribution in [-0.2, 0) is 4.74 Å². The largest absolute Gasteiger partial charge is 0.374 e. The third kappa shape index (κ3) is 5.57. The van der Waals surface area contributed by atoms with Gasteiger partial charge in [-0.3, -0.25) is 0 Å². The summed E-state index contributed by atoms with van der Waals surface area (Å²) in [6, 6.07) is 0. The van der Waals surface area contributed by atoms with Gasteiger partial charge in [-0.2, -0.15) is 0 Å². The van der Waals surface area contributed by atoms with Gasteiger partial charge in [-0.1, -0.05) is 26.0 Å². The van der Waals surface area contributed by atoms with Gasteiger partial charge in [-0.25, -0.2) is 0 Å². The summed E-state index contributed by atoms with van der Waals surface area (Å²) >= 11 is 0. The predicted octanol–water partition coefficient (Wildman–Crippen LogP) is 2.18. The molecule has 1 nitrogen and oxygen atoms in total. The molecule has 0 N–H and O–H groups in total. The van der Waals surface area contributed by atoms with Crippen LogP contribution in [0.1, 0.15) is 26.7 Å². The van der Waals surface area contributed by atoms with Crippen LogP contribution in [-0.4, -0.2) is 12.7 Å². The first-order valence-corrected chi connectivity index (χ1v) is 3.48. The second-order valence-electron chi connectivity index (χ2n) is 2.12. The fourth-order valence-corrected chi connectivity index (χ4v) is 0.469. The molecule has 0 aliphatic heterocycles. The van der Waals surface area contributed by atoms with Crippen LogP contribution in [0.25, 0.3) is 0 Å². The van der Waals surface area contributed by atoms with Crippen molar-refractivity contribution < 1.29 is 4.74 Å². The summed E-state index contributed by atoms with van der Waals surface area (Å²) in [4.78, 5) is 0. The molecule has 0 heterocycles. The van der Waals surface area contributed by atoms with Crippen molar-refractivity contribution in [3.63, 3.8) is 0 Å². The maximum Gasteiger partial charge on any atom is 0.0730 e. The molecule has 0 aliphatic rings. The summed E-state index contributed by atoms with van der Waals surface area (Å²) in [7, 11) is 0. The molecule has 0 amide bonds.